The molecule has 3 heteroatoms. The quantitative estimate of drug-likeness (QED) is 0.773. The van der Waals surface area contributed by atoms with Crippen molar-refractivity contribution in [1.29, 1.82) is 0 Å². The predicted molar refractivity (Wildman–Crippen MR) is 64.0 cm³/mol. The Bertz CT molecular complexity index is 346. The van der Waals surface area contributed by atoms with E-state index in [0.29, 0.717) is 0 Å². The number of ether oxygens (including phenoxy) is 1. The van der Waals surface area contributed by atoms with Crippen LogP contribution in [-0.2, 0) is 4.74 Å². The molecular formula is C13H18O3. The fourth-order valence-corrected chi connectivity index (χ4v) is 1.18. The van der Waals surface area contributed by atoms with Gasteiger partial charge in [0.1, 0.15) is 5.75 Å². The number of aliphatic hydroxyl groups excluding tert-OH is 1. The molecular weight excluding hydrogens is 204 g/mol. The van der Waals surface area contributed by atoms with E-state index in [1.54, 1.807) is 36.4 Å². The smallest absolute Gasteiger partial charge is 0.175 e. The van der Waals surface area contributed by atoms with Crippen LogP contribution in [0.15, 0.2) is 30.3 Å². The van der Waals surface area contributed by atoms with Crippen molar-refractivity contribution in [2.75, 3.05) is 0 Å². The molecule has 0 fully saturated rings. The van der Waals surface area contributed by atoms with E-state index in [1.165, 1.54) is 0 Å². The summed E-state index contributed by atoms with van der Waals surface area (Å²) in [5.41, 5.74) is 0.521. The molecule has 1 aromatic rings. The molecule has 1 atom stereocenters. The van der Waals surface area contributed by atoms with Gasteiger partial charge < -0.3 is 14.9 Å². The monoisotopic (exact) mass is 222 g/mol. The average Bonchev–Trinajstić information content (AvgIpc) is 2.14. The average molecular weight is 222 g/mol. The van der Waals surface area contributed by atoms with Crippen molar-refractivity contribution in [3.63, 3.8) is 0 Å². The largest absolute Gasteiger partial charge is 0.508 e. The van der Waals surface area contributed by atoms with Crippen molar-refractivity contribution < 1.29 is 14.9 Å². The lowest BCUT2D eigenvalue weighted by atomic mass is 10.2. The van der Waals surface area contributed by atoms with Gasteiger partial charge in [0.15, 0.2) is 6.29 Å². The summed E-state index contributed by atoms with van der Waals surface area (Å²) < 4.78 is 5.30. The summed E-state index contributed by atoms with van der Waals surface area (Å²) in [6.07, 6.45) is 2.39. The molecule has 0 spiro atoms. The zero-order valence-electron chi connectivity index (χ0n) is 9.84. The van der Waals surface area contributed by atoms with E-state index < -0.39 is 6.29 Å². The first kappa shape index (κ1) is 12.7. The van der Waals surface area contributed by atoms with Gasteiger partial charge in [0.25, 0.3) is 0 Å². The standard InChI is InChI=1S/C13H18O3/c1-13(2,3)16-12(15)9-6-10-4-7-11(14)8-5-10/h4-9,12,14-15H,1-3H3/b9-6+. The third kappa shape index (κ3) is 4.96. The highest BCUT2D eigenvalue weighted by Crippen LogP contribution is 2.13. The second-order valence-corrected chi connectivity index (χ2v) is 4.57. The summed E-state index contributed by atoms with van der Waals surface area (Å²) in [4.78, 5) is 0. The number of hydrogen-bond acceptors (Lipinski definition) is 3. The molecule has 3 nitrogen and oxygen atoms in total. The van der Waals surface area contributed by atoms with Crippen LogP contribution in [0.5, 0.6) is 5.75 Å². The first-order valence-corrected chi connectivity index (χ1v) is 5.20. The molecule has 0 amide bonds. The second kappa shape index (κ2) is 5.14. The zero-order valence-corrected chi connectivity index (χ0v) is 9.84. The van der Waals surface area contributed by atoms with Crippen molar-refractivity contribution in [2.24, 2.45) is 0 Å². The molecule has 0 aliphatic rings. The molecule has 2 N–H and O–H groups in total. The van der Waals surface area contributed by atoms with E-state index >= 15 is 0 Å². The molecule has 0 aliphatic carbocycles. The van der Waals surface area contributed by atoms with E-state index in [4.69, 9.17) is 9.84 Å². The van der Waals surface area contributed by atoms with E-state index in [0.717, 1.165) is 5.56 Å². The normalized spacial score (nSPS) is 14.2. The Kier molecular flexibility index (Phi) is 4.10. The van der Waals surface area contributed by atoms with Gasteiger partial charge in [-0.1, -0.05) is 18.2 Å². The molecule has 1 unspecified atom stereocenters. The van der Waals surface area contributed by atoms with Crippen LogP contribution in [0.3, 0.4) is 0 Å². The minimum atomic E-state index is -0.922. The number of hydrogen-bond donors (Lipinski definition) is 2. The van der Waals surface area contributed by atoms with Crippen LogP contribution in [0.2, 0.25) is 0 Å². The Morgan fingerprint density at radius 3 is 2.25 bits per heavy atom. The lowest BCUT2D eigenvalue weighted by Crippen LogP contribution is -2.25. The molecule has 0 bridgehead atoms. The summed E-state index contributed by atoms with van der Waals surface area (Å²) in [5.74, 6) is 0.226. The third-order valence-corrected chi connectivity index (χ3v) is 1.82. The maximum absolute atomic E-state index is 9.54. The number of rotatable bonds is 3. The first-order valence-electron chi connectivity index (χ1n) is 5.20. The highest BCUT2D eigenvalue weighted by atomic mass is 16.6. The summed E-state index contributed by atoms with van der Waals surface area (Å²) in [7, 11) is 0. The van der Waals surface area contributed by atoms with Gasteiger partial charge in [-0.2, -0.15) is 0 Å². The molecule has 1 rings (SSSR count). The molecule has 0 radical (unpaired) electrons. The highest BCUT2D eigenvalue weighted by molar-refractivity contribution is 5.50. The number of phenolic OH excluding ortho intramolecular Hbond substituents is 1. The summed E-state index contributed by atoms with van der Waals surface area (Å²) in [6, 6.07) is 6.71. The van der Waals surface area contributed by atoms with Gasteiger partial charge in [0.2, 0.25) is 0 Å². The molecule has 0 saturated carbocycles. The van der Waals surface area contributed by atoms with Crippen LogP contribution in [0.25, 0.3) is 6.08 Å². The van der Waals surface area contributed by atoms with Crippen molar-refractivity contribution in [1.82, 2.24) is 0 Å². The lowest BCUT2D eigenvalue weighted by Gasteiger charge is -2.21. The molecule has 0 aromatic heterocycles. The van der Waals surface area contributed by atoms with Crippen molar-refractivity contribution in [3.05, 3.63) is 35.9 Å². The van der Waals surface area contributed by atoms with Gasteiger partial charge in [-0.15, -0.1) is 0 Å². The van der Waals surface area contributed by atoms with E-state index in [9.17, 15) is 5.11 Å². The molecule has 16 heavy (non-hydrogen) atoms. The van der Waals surface area contributed by atoms with Crippen molar-refractivity contribution in [3.8, 4) is 5.75 Å². The van der Waals surface area contributed by atoms with Crippen LogP contribution in [0, 0.1) is 0 Å². The SMILES string of the molecule is CC(C)(C)OC(O)/C=C/c1ccc(O)cc1. The molecule has 0 aliphatic heterocycles. The van der Waals surface area contributed by atoms with Gasteiger partial charge in [0, 0.05) is 0 Å². The van der Waals surface area contributed by atoms with Crippen LogP contribution in [0.1, 0.15) is 26.3 Å². The minimum Gasteiger partial charge on any atom is -0.508 e. The summed E-state index contributed by atoms with van der Waals surface area (Å²) in [6.45, 7) is 5.64. The number of benzene rings is 1. The Morgan fingerprint density at radius 1 is 1.19 bits per heavy atom. The maximum Gasteiger partial charge on any atom is 0.175 e. The molecule has 88 valence electrons. The van der Waals surface area contributed by atoms with Crippen molar-refractivity contribution in [2.45, 2.75) is 32.7 Å². The van der Waals surface area contributed by atoms with Crippen LogP contribution in [0.4, 0.5) is 0 Å². The highest BCUT2D eigenvalue weighted by Gasteiger charge is 2.13. The van der Waals surface area contributed by atoms with Crippen LogP contribution in [-0.4, -0.2) is 22.1 Å². The van der Waals surface area contributed by atoms with E-state index in [-0.39, 0.29) is 11.4 Å². The number of aliphatic hydroxyl groups is 1. The summed E-state index contributed by atoms with van der Waals surface area (Å²) in [5, 5.41) is 18.6. The van der Waals surface area contributed by atoms with Crippen molar-refractivity contribution >= 4 is 6.08 Å². The maximum atomic E-state index is 9.54. The van der Waals surface area contributed by atoms with Crippen LogP contribution >= 0.6 is 0 Å². The van der Waals surface area contributed by atoms with E-state index in [1.807, 2.05) is 20.8 Å². The third-order valence-electron chi connectivity index (χ3n) is 1.82. The minimum absolute atomic E-state index is 0.226. The Balaban J connectivity index is 2.56. The Labute approximate surface area is 96.0 Å². The van der Waals surface area contributed by atoms with Crippen LogP contribution < -0.4 is 0 Å². The molecule has 0 heterocycles. The Hall–Kier alpha value is -1.32. The number of phenols is 1. The number of aromatic hydroxyl groups is 1. The topological polar surface area (TPSA) is 49.7 Å². The zero-order chi connectivity index (χ0) is 12.2. The van der Waals surface area contributed by atoms with Gasteiger partial charge in [-0.3, -0.25) is 0 Å². The lowest BCUT2D eigenvalue weighted by molar-refractivity contribution is -0.137. The van der Waals surface area contributed by atoms with Gasteiger partial charge in [-0.25, -0.2) is 0 Å². The van der Waals surface area contributed by atoms with Gasteiger partial charge in [0.05, 0.1) is 5.60 Å². The van der Waals surface area contributed by atoms with E-state index in [2.05, 4.69) is 0 Å². The predicted octanol–water partition coefficient (Wildman–Crippen LogP) is 2.54. The second-order valence-electron chi connectivity index (χ2n) is 4.57. The Morgan fingerprint density at radius 2 is 1.75 bits per heavy atom. The first-order chi connectivity index (χ1) is 7.37. The molecule has 1 aromatic carbocycles. The fraction of sp³-hybridized carbons (Fsp3) is 0.385. The van der Waals surface area contributed by atoms with Gasteiger partial charge in [-0.05, 0) is 44.5 Å². The van der Waals surface area contributed by atoms with Gasteiger partial charge >= 0.3 is 0 Å². The summed E-state index contributed by atoms with van der Waals surface area (Å²) >= 11 is 0. The fourth-order valence-electron chi connectivity index (χ4n) is 1.18. The molecule has 0 saturated heterocycles.